The van der Waals surface area contributed by atoms with Crippen LogP contribution in [0.4, 0.5) is 17.6 Å². The summed E-state index contributed by atoms with van der Waals surface area (Å²) in [6.45, 7) is 2.46. The summed E-state index contributed by atoms with van der Waals surface area (Å²) in [7, 11) is 0. The predicted octanol–water partition coefficient (Wildman–Crippen LogP) is 8.36. The molecule has 14 nitrogen and oxygen atoms in total. The molecule has 2 heterocycles. The molecular weight excluding hydrogens is 946 g/mol. The Balaban J connectivity index is 0.000000252. The van der Waals surface area contributed by atoms with Crippen LogP contribution < -0.4 is 26.3 Å². The van der Waals surface area contributed by atoms with Crippen molar-refractivity contribution in [1.29, 1.82) is 0 Å². The third-order valence-corrected chi connectivity index (χ3v) is 11.6. The fraction of sp³-hybridized carbons (Fsp3) is 0.209. The number of aliphatic hydroxyl groups is 1. The molecule has 6 rings (SSSR count). The van der Waals surface area contributed by atoms with Crippen LogP contribution in [0.15, 0.2) is 60.7 Å². The van der Waals surface area contributed by atoms with E-state index in [1.54, 1.807) is 36.4 Å². The zero-order valence-corrected chi connectivity index (χ0v) is 37.2. The number of hydrogen-bond acceptors (Lipinski definition) is 12. The van der Waals surface area contributed by atoms with Gasteiger partial charge in [-0.3, -0.25) is 14.4 Å². The first-order chi connectivity index (χ1) is 30.7. The second kappa shape index (κ2) is 23.6. The zero-order chi connectivity index (χ0) is 48.1. The van der Waals surface area contributed by atoms with Crippen molar-refractivity contribution in [3.63, 3.8) is 0 Å². The van der Waals surface area contributed by atoms with E-state index in [1.807, 2.05) is 0 Å². The Morgan fingerprint density at radius 3 is 1.51 bits per heavy atom. The average molecular weight is 983 g/mol. The van der Waals surface area contributed by atoms with Crippen LogP contribution in [0, 0.1) is 23.3 Å². The quantitative estimate of drug-likeness (QED) is 0.0351. The first-order valence-corrected chi connectivity index (χ1v) is 21.1. The molecule has 0 aliphatic heterocycles. The van der Waals surface area contributed by atoms with Gasteiger partial charge in [0.05, 0.1) is 13.2 Å². The minimum absolute atomic E-state index is 0.0135. The van der Waals surface area contributed by atoms with E-state index in [1.165, 1.54) is 13.8 Å². The van der Waals surface area contributed by atoms with E-state index in [0.29, 0.717) is 48.7 Å². The Kier molecular flexibility index (Phi) is 18.6. The Morgan fingerprint density at radius 2 is 1.14 bits per heavy atom. The number of nitrogens with one attached hydrogen (secondary N) is 1. The Morgan fingerprint density at radius 1 is 0.708 bits per heavy atom. The molecule has 4 aromatic carbocycles. The molecule has 344 valence electrons. The molecular formula is C43H37Cl2F4N3O11S2. The van der Waals surface area contributed by atoms with Gasteiger partial charge in [-0.25, -0.2) is 27.2 Å². The third kappa shape index (κ3) is 13.6. The second-order valence-electron chi connectivity index (χ2n) is 13.3. The maximum Gasteiger partial charge on any atom is 0.348 e. The number of carbonyl (C=O) groups excluding carboxylic acids is 5. The minimum atomic E-state index is -1.20. The van der Waals surface area contributed by atoms with Gasteiger partial charge in [-0.15, -0.1) is 22.7 Å². The standard InChI is InChI=1S/C22H18ClF2NO5S.C17H10ClF2NO4S.C4H9NO2/c1-11(27)4-3-7-30-22(29)20-13(18-14(23)5-2-6-17(18)32-20)10-31-19-15(24)8-12(21(26)28)9-16(19)25;18-9-2-1-3-12-13(9)8(15(26-12)17(23)24)6-25-14-10(19)4-7(16(21)22)5-11(14)20;1-4(7)5-2-3-6/h2,5-6,8-9H,3-4,7,10H2,1H3,(H2,26,28);1-5H,6H2,(H2,21,22)(H,23,24);6H,2-3H2,1H3,(H,5,7). The molecule has 0 fully saturated rings. The van der Waals surface area contributed by atoms with Crippen molar-refractivity contribution in [1.82, 2.24) is 5.32 Å². The number of Topliss-reactive ketones (excluding diaryl/α,β-unsaturated/α-hetero) is 1. The van der Waals surface area contributed by atoms with Gasteiger partial charge in [0.25, 0.3) is 0 Å². The first kappa shape index (κ1) is 51.3. The highest BCUT2D eigenvalue weighted by molar-refractivity contribution is 7.21. The highest BCUT2D eigenvalue weighted by Gasteiger charge is 2.25. The lowest BCUT2D eigenvalue weighted by molar-refractivity contribution is -0.119. The normalized spacial score (nSPS) is 10.6. The summed E-state index contributed by atoms with van der Waals surface area (Å²) in [6.07, 6.45) is 0.655. The molecule has 0 aliphatic carbocycles. The summed E-state index contributed by atoms with van der Waals surface area (Å²) in [4.78, 5) is 67.5. The van der Waals surface area contributed by atoms with E-state index < -0.39 is 65.1 Å². The molecule has 6 aromatic rings. The molecule has 0 spiro atoms. The molecule has 0 atom stereocenters. The number of benzene rings is 4. The summed E-state index contributed by atoms with van der Waals surface area (Å²) in [5, 5.41) is 21.5. The molecule has 0 saturated carbocycles. The van der Waals surface area contributed by atoms with Crippen LogP contribution in [-0.2, 0) is 27.5 Å². The Bertz CT molecular complexity index is 2740. The van der Waals surface area contributed by atoms with E-state index in [-0.39, 0.29) is 64.4 Å². The van der Waals surface area contributed by atoms with Crippen LogP contribution in [-0.4, -0.2) is 65.4 Å². The number of thiophene rings is 2. The maximum atomic E-state index is 14.3. The minimum Gasteiger partial charge on any atom is -0.483 e. The van der Waals surface area contributed by atoms with Crippen LogP contribution in [0.25, 0.3) is 20.2 Å². The molecule has 0 radical (unpaired) electrons. The number of ether oxygens (including phenoxy) is 3. The molecule has 3 amide bonds. The average Bonchev–Trinajstić information content (AvgIpc) is 3.81. The fourth-order valence-electron chi connectivity index (χ4n) is 5.70. The number of amides is 3. The second-order valence-corrected chi connectivity index (χ2v) is 16.3. The van der Waals surface area contributed by atoms with Crippen LogP contribution in [0.1, 0.15) is 77.9 Å². The van der Waals surface area contributed by atoms with Gasteiger partial charge in [-0.05, 0) is 61.9 Å². The van der Waals surface area contributed by atoms with Gasteiger partial charge < -0.3 is 46.0 Å². The number of rotatable bonds is 16. The lowest BCUT2D eigenvalue weighted by Crippen LogP contribution is -2.22. The number of esters is 1. The van der Waals surface area contributed by atoms with Crippen LogP contribution >= 0.6 is 45.9 Å². The predicted molar refractivity (Wildman–Crippen MR) is 235 cm³/mol. The summed E-state index contributed by atoms with van der Waals surface area (Å²) in [6, 6.07) is 13.0. The van der Waals surface area contributed by atoms with Crippen molar-refractivity contribution >= 4 is 101 Å². The third-order valence-electron chi connectivity index (χ3n) is 8.59. The van der Waals surface area contributed by atoms with Gasteiger partial charge in [0, 0.05) is 72.4 Å². The molecule has 2 aromatic heterocycles. The van der Waals surface area contributed by atoms with Crippen LogP contribution in [0.3, 0.4) is 0 Å². The first-order valence-electron chi connectivity index (χ1n) is 18.7. The topological polar surface area (TPSA) is 235 Å². The van der Waals surface area contributed by atoms with Gasteiger partial charge in [-0.2, -0.15) is 0 Å². The molecule has 0 saturated heterocycles. The van der Waals surface area contributed by atoms with Crippen molar-refractivity contribution in [3.05, 3.63) is 126 Å². The van der Waals surface area contributed by atoms with Gasteiger partial charge >= 0.3 is 11.9 Å². The Labute approximate surface area is 384 Å². The molecule has 0 unspecified atom stereocenters. The Hall–Kier alpha value is -6.32. The SMILES string of the molecule is CC(=O)CCCOC(=O)c1sc2cccc(Cl)c2c1COc1c(F)cc(C(N)=O)cc1F.CC(=O)NCCO.NC(=O)c1cc(F)c(OCc2c(C(=O)O)sc3cccc(Cl)c23)c(F)c1. The van der Waals surface area contributed by atoms with Crippen molar-refractivity contribution < 1.29 is 70.8 Å². The summed E-state index contributed by atoms with van der Waals surface area (Å²) < 4.78 is 73.8. The van der Waals surface area contributed by atoms with Gasteiger partial charge in [0.15, 0.2) is 34.8 Å². The number of carbonyl (C=O) groups is 6. The lowest BCUT2D eigenvalue weighted by atomic mass is 10.1. The van der Waals surface area contributed by atoms with E-state index in [4.69, 9.17) is 54.0 Å². The summed E-state index contributed by atoms with van der Waals surface area (Å²) in [5.74, 6) is -9.89. The number of carboxylic acids is 1. The van der Waals surface area contributed by atoms with Crippen molar-refractivity contribution in [2.45, 2.75) is 39.9 Å². The van der Waals surface area contributed by atoms with Crippen molar-refractivity contribution in [2.24, 2.45) is 11.5 Å². The number of aromatic carboxylic acids is 1. The lowest BCUT2D eigenvalue weighted by Gasteiger charge is -2.11. The largest absolute Gasteiger partial charge is 0.483 e. The monoisotopic (exact) mass is 981 g/mol. The van der Waals surface area contributed by atoms with Crippen molar-refractivity contribution in [3.8, 4) is 11.5 Å². The van der Waals surface area contributed by atoms with Gasteiger partial charge in [0.1, 0.15) is 28.8 Å². The van der Waals surface area contributed by atoms with Gasteiger partial charge in [0.2, 0.25) is 17.7 Å². The molecule has 22 heteroatoms. The number of primary amides is 2. The number of fused-ring (bicyclic) bond motifs is 2. The zero-order valence-electron chi connectivity index (χ0n) is 34.0. The summed E-state index contributed by atoms with van der Waals surface area (Å²) >= 11 is 14.5. The van der Waals surface area contributed by atoms with E-state index in [9.17, 15) is 51.4 Å². The van der Waals surface area contributed by atoms with Crippen LogP contribution in [0.5, 0.6) is 11.5 Å². The molecule has 0 bridgehead atoms. The maximum absolute atomic E-state index is 14.3. The van der Waals surface area contributed by atoms with Crippen molar-refractivity contribution in [2.75, 3.05) is 19.8 Å². The van der Waals surface area contributed by atoms with E-state index >= 15 is 0 Å². The number of ketones is 1. The molecule has 7 N–H and O–H groups in total. The van der Waals surface area contributed by atoms with E-state index in [0.717, 1.165) is 46.9 Å². The van der Waals surface area contributed by atoms with Crippen LogP contribution in [0.2, 0.25) is 10.0 Å². The summed E-state index contributed by atoms with van der Waals surface area (Å²) in [5.41, 5.74) is 9.88. The molecule has 0 aliphatic rings. The number of aliphatic hydroxyl groups excluding tert-OH is 1. The van der Waals surface area contributed by atoms with Gasteiger partial charge in [-0.1, -0.05) is 35.3 Å². The number of carboxylic acid groups (broad SMARTS) is 1. The molecule has 65 heavy (non-hydrogen) atoms. The highest BCUT2D eigenvalue weighted by Crippen LogP contribution is 2.39. The van der Waals surface area contributed by atoms with E-state index in [2.05, 4.69) is 5.32 Å². The number of hydrogen-bond donors (Lipinski definition) is 5. The highest BCUT2D eigenvalue weighted by atomic mass is 35.5. The number of halogens is 6. The smallest absolute Gasteiger partial charge is 0.348 e. The number of nitrogens with two attached hydrogens (primary N) is 2. The fourth-order valence-corrected chi connectivity index (χ4v) is 8.59.